The lowest BCUT2D eigenvalue weighted by Gasteiger charge is -2.15. The molecule has 0 bridgehead atoms. The van der Waals surface area contributed by atoms with Crippen LogP contribution in [0.25, 0.3) is 0 Å². The van der Waals surface area contributed by atoms with E-state index in [1.165, 1.54) is 0 Å². The van der Waals surface area contributed by atoms with Crippen LogP contribution in [0.2, 0.25) is 0 Å². The Morgan fingerprint density at radius 1 is 1.47 bits per heavy atom. The third-order valence-corrected chi connectivity index (χ3v) is 2.78. The molecule has 0 aliphatic heterocycles. The number of halogens is 1. The second-order valence-electron chi connectivity index (χ2n) is 3.61. The fourth-order valence-electron chi connectivity index (χ4n) is 1.19. The van der Waals surface area contributed by atoms with E-state index in [4.69, 9.17) is 0 Å². The van der Waals surface area contributed by atoms with Crippen molar-refractivity contribution in [1.29, 1.82) is 0 Å². The highest BCUT2D eigenvalue weighted by Crippen LogP contribution is 2.12. The zero-order valence-corrected chi connectivity index (χ0v) is 11.9. The van der Waals surface area contributed by atoms with E-state index in [1.54, 1.807) is 18.0 Å². The smallest absolute Gasteiger partial charge is 0.241 e. The second kappa shape index (κ2) is 6.54. The predicted octanol–water partition coefficient (Wildman–Crippen LogP) is 1.69. The maximum absolute atomic E-state index is 11.6. The first-order valence-electron chi connectivity index (χ1n) is 5.58. The molecule has 0 aliphatic rings. The first-order valence-corrected chi connectivity index (χ1v) is 6.37. The quantitative estimate of drug-likeness (QED) is 0.841. The van der Waals surface area contributed by atoms with Gasteiger partial charge in [-0.2, -0.15) is 0 Å². The van der Waals surface area contributed by atoms with Crippen molar-refractivity contribution in [3.05, 3.63) is 16.5 Å². The molecule has 0 aromatic carbocycles. The van der Waals surface area contributed by atoms with Gasteiger partial charge in [-0.25, -0.2) is 9.97 Å². The van der Waals surface area contributed by atoms with Gasteiger partial charge >= 0.3 is 0 Å². The standard InChI is InChI=1S/C11H17BrN4O/c1-4-9-14-8(12)6-10(15-9)13-7-11(17)16(3)5-2/h6H,4-5,7H2,1-3H3,(H,13,14,15). The molecule has 0 fully saturated rings. The molecule has 1 rings (SSSR count). The van der Waals surface area contributed by atoms with Crippen LogP contribution in [-0.4, -0.2) is 40.9 Å². The number of hydrogen-bond donors (Lipinski definition) is 1. The molecule has 1 aromatic rings. The largest absolute Gasteiger partial charge is 0.361 e. The summed E-state index contributed by atoms with van der Waals surface area (Å²) in [6.07, 6.45) is 0.761. The van der Waals surface area contributed by atoms with Crippen molar-refractivity contribution < 1.29 is 4.79 Å². The van der Waals surface area contributed by atoms with E-state index in [1.807, 2.05) is 13.8 Å². The Labute approximate surface area is 110 Å². The molecule has 1 N–H and O–H groups in total. The Morgan fingerprint density at radius 2 is 2.18 bits per heavy atom. The van der Waals surface area contributed by atoms with Gasteiger partial charge in [0.2, 0.25) is 5.91 Å². The number of amides is 1. The zero-order valence-electron chi connectivity index (χ0n) is 10.3. The van der Waals surface area contributed by atoms with Crippen molar-refractivity contribution in [2.24, 2.45) is 0 Å². The Bertz CT molecular complexity index is 397. The van der Waals surface area contributed by atoms with E-state index in [9.17, 15) is 4.79 Å². The molecular formula is C11H17BrN4O. The van der Waals surface area contributed by atoms with Crippen LogP contribution in [0.5, 0.6) is 0 Å². The maximum Gasteiger partial charge on any atom is 0.241 e. The van der Waals surface area contributed by atoms with Crippen molar-refractivity contribution in [3.8, 4) is 0 Å². The summed E-state index contributed by atoms with van der Waals surface area (Å²) >= 11 is 3.32. The lowest BCUT2D eigenvalue weighted by atomic mass is 10.4. The Morgan fingerprint density at radius 3 is 2.76 bits per heavy atom. The van der Waals surface area contributed by atoms with E-state index in [0.29, 0.717) is 12.4 Å². The van der Waals surface area contributed by atoms with Crippen LogP contribution >= 0.6 is 15.9 Å². The summed E-state index contributed by atoms with van der Waals surface area (Å²) in [6.45, 7) is 4.88. The molecule has 0 spiro atoms. The number of aryl methyl sites for hydroxylation is 1. The van der Waals surface area contributed by atoms with Gasteiger partial charge in [0.25, 0.3) is 0 Å². The molecule has 0 aliphatic carbocycles. The Hall–Kier alpha value is -1.17. The molecule has 5 nitrogen and oxygen atoms in total. The monoisotopic (exact) mass is 300 g/mol. The molecule has 0 radical (unpaired) electrons. The average molecular weight is 301 g/mol. The van der Waals surface area contributed by atoms with Crippen LogP contribution in [0.4, 0.5) is 5.82 Å². The number of carbonyl (C=O) groups excluding carboxylic acids is 1. The van der Waals surface area contributed by atoms with Crippen LogP contribution in [-0.2, 0) is 11.2 Å². The number of carbonyl (C=O) groups is 1. The predicted molar refractivity (Wildman–Crippen MR) is 70.9 cm³/mol. The van der Waals surface area contributed by atoms with Crippen LogP contribution < -0.4 is 5.32 Å². The van der Waals surface area contributed by atoms with Gasteiger partial charge < -0.3 is 10.2 Å². The van der Waals surface area contributed by atoms with Gasteiger partial charge in [0.15, 0.2) is 0 Å². The highest BCUT2D eigenvalue weighted by atomic mass is 79.9. The van der Waals surface area contributed by atoms with Crippen molar-refractivity contribution in [2.45, 2.75) is 20.3 Å². The third-order valence-electron chi connectivity index (χ3n) is 2.38. The molecule has 6 heteroatoms. The number of nitrogens with one attached hydrogen (secondary N) is 1. The van der Waals surface area contributed by atoms with Gasteiger partial charge in [-0.3, -0.25) is 4.79 Å². The van der Waals surface area contributed by atoms with Gasteiger partial charge in [0.1, 0.15) is 16.2 Å². The summed E-state index contributed by atoms with van der Waals surface area (Å²) in [5, 5.41) is 3.00. The molecule has 0 saturated heterocycles. The van der Waals surface area contributed by atoms with Gasteiger partial charge in [-0.05, 0) is 22.9 Å². The van der Waals surface area contributed by atoms with Crippen molar-refractivity contribution in [1.82, 2.24) is 14.9 Å². The van der Waals surface area contributed by atoms with Crippen LogP contribution in [0.1, 0.15) is 19.7 Å². The first kappa shape index (κ1) is 13.9. The van der Waals surface area contributed by atoms with E-state index in [2.05, 4.69) is 31.2 Å². The highest BCUT2D eigenvalue weighted by Gasteiger charge is 2.07. The minimum absolute atomic E-state index is 0.0419. The summed E-state index contributed by atoms with van der Waals surface area (Å²) < 4.78 is 0.725. The lowest BCUT2D eigenvalue weighted by Crippen LogP contribution is -2.32. The molecule has 1 heterocycles. The minimum Gasteiger partial charge on any atom is -0.361 e. The van der Waals surface area contributed by atoms with Crippen molar-refractivity contribution >= 4 is 27.7 Å². The molecule has 1 aromatic heterocycles. The zero-order chi connectivity index (χ0) is 12.8. The Kier molecular flexibility index (Phi) is 5.34. The van der Waals surface area contributed by atoms with Crippen molar-refractivity contribution in [3.63, 3.8) is 0 Å². The van der Waals surface area contributed by atoms with Crippen LogP contribution in [0, 0.1) is 0 Å². The molecule has 94 valence electrons. The van der Waals surface area contributed by atoms with Gasteiger partial charge in [-0.15, -0.1) is 0 Å². The summed E-state index contributed by atoms with van der Waals surface area (Å²) in [6, 6.07) is 1.76. The Balaban J connectivity index is 2.63. The summed E-state index contributed by atoms with van der Waals surface area (Å²) in [7, 11) is 1.78. The third kappa shape index (κ3) is 4.30. The van der Waals surface area contributed by atoms with E-state index in [0.717, 1.165) is 16.8 Å². The van der Waals surface area contributed by atoms with Crippen LogP contribution in [0.15, 0.2) is 10.7 Å². The van der Waals surface area contributed by atoms with E-state index < -0.39 is 0 Å². The second-order valence-corrected chi connectivity index (χ2v) is 4.42. The summed E-state index contributed by atoms with van der Waals surface area (Å²) in [5.41, 5.74) is 0. The minimum atomic E-state index is 0.0419. The van der Waals surface area contributed by atoms with Gasteiger partial charge in [0, 0.05) is 26.1 Å². The van der Waals surface area contributed by atoms with Crippen molar-refractivity contribution in [2.75, 3.05) is 25.5 Å². The van der Waals surface area contributed by atoms with Gasteiger partial charge in [0.05, 0.1) is 6.54 Å². The summed E-state index contributed by atoms with van der Waals surface area (Å²) in [4.78, 5) is 21.7. The first-order chi connectivity index (χ1) is 8.06. The SMILES string of the molecule is CCc1nc(Br)cc(NCC(=O)N(C)CC)n1. The number of rotatable bonds is 5. The molecular weight excluding hydrogens is 284 g/mol. The average Bonchev–Trinajstić information content (AvgIpc) is 2.34. The van der Waals surface area contributed by atoms with Crippen LogP contribution in [0.3, 0.4) is 0 Å². The molecule has 0 unspecified atom stereocenters. The molecule has 1 amide bonds. The fraction of sp³-hybridized carbons (Fsp3) is 0.545. The van der Waals surface area contributed by atoms with E-state index in [-0.39, 0.29) is 12.5 Å². The molecule has 0 atom stereocenters. The highest BCUT2D eigenvalue weighted by molar-refractivity contribution is 9.10. The maximum atomic E-state index is 11.6. The lowest BCUT2D eigenvalue weighted by molar-refractivity contribution is -0.127. The number of aromatic nitrogens is 2. The molecule has 0 saturated carbocycles. The fourth-order valence-corrected chi connectivity index (χ4v) is 1.61. The topological polar surface area (TPSA) is 58.1 Å². The normalized spacial score (nSPS) is 10.1. The number of anilines is 1. The van der Waals surface area contributed by atoms with E-state index >= 15 is 0 Å². The summed E-state index contributed by atoms with van der Waals surface area (Å²) in [5.74, 6) is 1.46. The number of nitrogens with zero attached hydrogens (tertiary/aromatic N) is 3. The molecule has 17 heavy (non-hydrogen) atoms. The number of hydrogen-bond acceptors (Lipinski definition) is 4. The van der Waals surface area contributed by atoms with Gasteiger partial charge in [-0.1, -0.05) is 6.92 Å². The number of likely N-dealkylation sites (N-methyl/N-ethyl adjacent to an activating group) is 1.